The third-order valence-electron chi connectivity index (χ3n) is 5.92. The lowest BCUT2D eigenvalue weighted by Crippen LogP contribution is -2.50. The van der Waals surface area contributed by atoms with Crippen molar-refractivity contribution < 1.29 is 19.5 Å². The van der Waals surface area contributed by atoms with Gasteiger partial charge in [0.05, 0.1) is 5.69 Å². The summed E-state index contributed by atoms with van der Waals surface area (Å²) < 4.78 is 3.97. The molecule has 0 radical (unpaired) electrons. The number of nitrogens with zero attached hydrogens (tertiary/aromatic N) is 2. The first kappa shape index (κ1) is 26.7. The Balaban J connectivity index is 2.27. The fourth-order valence-electron chi connectivity index (χ4n) is 3.78. The number of phenolic OH excluding ortho intramolecular Hbond substituents is 1. The quantitative estimate of drug-likeness (QED) is 0.362. The van der Waals surface area contributed by atoms with Crippen LogP contribution >= 0.6 is 11.5 Å². The monoisotopic (exact) mass is 509 g/mol. The second-order valence-electron chi connectivity index (χ2n) is 9.38. The van der Waals surface area contributed by atoms with Crippen molar-refractivity contribution in [3.8, 4) is 5.75 Å². The van der Waals surface area contributed by atoms with Gasteiger partial charge in [-0.05, 0) is 86.6 Å². The number of nitrogens with two attached hydrogens (primary N) is 2. The number of anilines is 2. The second kappa shape index (κ2) is 10.4. The zero-order chi connectivity index (χ0) is 26.8. The number of aromatic nitrogens is 1. The largest absolute Gasteiger partial charge is 0.508 e. The number of phenols is 1. The summed E-state index contributed by atoms with van der Waals surface area (Å²) in [5.41, 5.74) is 13.3. The smallest absolute Gasteiger partial charge is 0.273 e. The molecule has 0 saturated heterocycles. The van der Waals surface area contributed by atoms with Crippen LogP contribution in [0.15, 0.2) is 42.5 Å². The fraction of sp³-hybridized carbons (Fsp3) is 0.308. The highest BCUT2D eigenvalue weighted by molar-refractivity contribution is 7.09. The van der Waals surface area contributed by atoms with Gasteiger partial charge in [-0.3, -0.25) is 19.3 Å². The number of aromatic hydroxyl groups is 1. The molecule has 0 saturated carbocycles. The number of carbonyl (C=O) groups excluding carboxylic acids is 3. The number of benzene rings is 2. The molecule has 0 bridgehead atoms. The Morgan fingerprint density at radius 3 is 2.19 bits per heavy atom. The Kier molecular flexibility index (Phi) is 7.68. The summed E-state index contributed by atoms with van der Waals surface area (Å²) in [7, 11) is 0. The van der Waals surface area contributed by atoms with Crippen molar-refractivity contribution in [2.24, 2.45) is 5.73 Å². The van der Waals surface area contributed by atoms with Crippen LogP contribution in [-0.4, -0.2) is 32.7 Å². The normalized spacial score (nSPS) is 12.1. The molecular formula is C26H31N5O4S. The Hall–Kier alpha value is -3.92. The molecule has 6 N–H and O–H groups in total. The van der Waals surface area contributed by atoms with Gasteiger partial charge < -0.3 is 21.9 Å². The molecule has 1 aromatic heterocycles. The molecule has 0 spiro atoms. The highest BCUT2D eigenvalue weighted by atomic mass is 32.1. The highest BCUT2D eigenvalue weighted by Gasteiger charge is 2.37. The van der Waals surface area contributed by atoms with Gasteiger partial charge in [0.1, 0.15) is 16.7 Å². The maximum Gasteiger partial charge on any atom is 0.273 e. The van der Waals surface area contributed by atoms with Gasteiger partial charge in [-0.2, -0.15) is 4.37 Å². The average Bonchev–Trinajstić information content (AvgIpc) is 3.18. The summed E-state index contributed by atoms with van der Waals surface area (Å²) in [6.45, 7) is 9.51. The van der Waals surface area contributed by atoms with Crippen molar-refractivity contribution in [1.82, 2.24) is 9.69 Å². The number of primary amides is 1. The van der Waals surface area contributed by atoms with E-state index < -0.39 is 29.3 Å². The van der Waals surface area contributed by atoms with Crippen molar-refractivity contribution >= 4 is 40.6 Å². The van der Waals surface area contributed by atoms with Gasteiger partial charge in [0.2, 0.25) is 5.91 Å². The Morgan fingerprint density at radius 2 is 1.69 bits per heavy atom. The van der Waals surface area contributed by atoms with Crippen LogP contribution in [0.4, 0.5) is 11.4 Å². The molecule has 3 rings (SSSR count). The van der Waals surface area contributed by atoms with Crippen LogP contribution in [-0.2, 0) is 4.79 Å². The number of hydrogen-bond acceptors (Lipinski definition) is 7. The van der Waals surface area contributed by atoms with E-state index in [9.17, 15) is 19.5 Å². The molecule has 0 aliphatic carbocycles. The van der Waals surface area contributed by atoms with Crippen LogP contribution in [0.5, 0.6) is 5.75 Å². The summed E-state index contributed by atoms with van der Waals surface area (Å²) in [5.74, 6) is -1.85. The van der Waals surface area contributed by atoms with E-state index in [0.29, 0.717) is 17.7 Å². The van der Waals surface area contributed by atoms with Gasteiger partial charge in [-0.15, -0.1) is 0 Å². The van der Waals surface area contributed by atoms with E-state index in [2.05, 4.69) is 9.69 Å². The first-order valence-corrected chi connectivity index (χ1v) is 12.2. The maximum atomic E-state index is 14.1. The molecular weight excluding hydrogens is 478 g/mol. The predicted octanol–water partition coefficient (Wildman–Crippen LogP) is 3.84. The fourth-order valence-corrected chi connectivity index (χ4v) is 4.52. The number of hydrogen-bond donors (Lipinski definition) is 4. The molecule has 1 unspecified atom stereocenters. The number of amides is 3. The van der Waals surface area contributed by atoms with E-state index in [1.54, 1.807) is 24.3 Å². The van der Waals surface area contributed by atoms with Gasteiger partial charge in [0.15, 0.2) is 5.69 Å². The van der Waals surface area contributed by atoms with Crippen molar-refractivity contribution in [3.63, 3.8) is 0 Å². The molecule has 9 nitrogen and oxygen atoms in total. The molecule has 1 atom stereocenters. The molecule has 3 amide bonds. The van der Waals surface area contributed by atoms with Crippen molar-refractivity contribution in [2.45, 2.75) is 52.6 Å². The number of aryl methyl sites for hydroxylation is 2. The van der Waals surface area contributed by atoms with Gasteiger partial charge in [-0.25, -0.2) is 0 Å². The summed E-state index contributed by atoms with van der Waals surface area (Å²) in [4.78, 5) is 41.0. The molecule has 36 heavy (non-hydrogen) atoms. The molecule has 190 valence electrons. The number of rotatable bonds is 8. The van der Waals surface area contributed by atoms with Crippen LogP contribution in [0.2, 0.25) is 0 Å². The maximum absolute atomic E-state index is 14.1. The molecule has 3 aromatic rings. The second-order valence-corrected chi connectivity index (χ2v) is 10.2. The van der Waals surface area contributed by atoms with E-state index >= 15 is 0 Å². The Labute approximate surface area is 214 Å². The van der Waals surface area contributed by atoms with E-state index in [4.69, 9.17) is 11.5 Å². The minimum atomic E-state index is -1.12. The van der Waals surface area contributed by atoms with Crippen LogP contribution < -0.4 is 21.7 Å². The van der Waals surface area contributed by atoms with Crippen LogP contribution in [0.1, 0.15) is 70.1 Å². The zero-order valence-corrected chi connectivity index (χ0v) is 21.8. The van der Waals surface area contributed by atoms with E-state index in [1.165, 1.54) is 17.0 Å². The Bertz CT molecular complexity index is 1280. The zero-order valence-electron chi connectivity index (χ0n) is 21.0. The predicted molar refractivity (Wildman–Crippen MR) is 141 cm³/mol. The highest BCUT2D eigenvalue weighted by Crippen LogP contribution is 2.35. The van der Waals surface area contributed by atoms with Gasteiger partial charge in [0.25, 0.3) is 11.8 Å². The van der Waals surface area contributed by atoms with Gasteiger partial charge in [0, 0.05) is 11.2 Å². The third-order valence-corrected chi connectivity index (χ3v) is 6.77. The van der Waals surface area contributed by atoms with Crippen LogP contribution in [0.3, 0.4) is 0 Å². The summed E-state index contributed by atoms with van der Waals surface area (Å²) in [6.07, 6.45) is 0.655. The minimum Gasteiger partial charge on any atom is -0.508 e. The molecule has 1 heterocycles. The SMILES string of the molecule is CCC(C)(C)NC(=O)C(c1ccc(O)cc1)N(C(=O)c1snc(C(N)=O)c1N)c1cc(C)cc(C)c1. The lowest BCUT2D eigenvalue weighted by atomic mass is 9.97. The minimum absolute atomic E-state index is 0.00529. The summed E-state index contributed by atoms with van der Waals surface area (Å²) in [5, 5.41) is 12.9. The molecule has 0 aliphatic rings. The van der Waals surface area contributed by atoms with Crippen molar-refractivity contribution in [2.75, 3.05) is 10.6 Å². The number of nitrogen functional groups attached to an aromatic ring is 1. The summed E-state index contributed by atoms with van der Waals surface area (Å²) in [6, 6.07) is 10.5. The van der Waals surface area contributed by atoms with Crippen molar-refractivity contribution in [1.29, 1.82) is 0 Å². The van der Waals surface area contributed by atoms with Crippen molar-refractivity contribution in [3.05, 3.63) is 69.7 Å². The van der Waals surface area contributed by atoms with E-state index in [1.807, 2.05) is 40.7 Å². The standard InChI is InChI=1S/C26H31N5O4S/c1-6-26(4,5)29-24(34)21(16-7-9-18(32)10-8-16)31(17-12-14(2)11-15(3)13-17)25(35)22-19(27)20(23(28)33)30-36-22/h7-13,21,32H,6,27H2,1-5H3,(H2,28,33)(H,29,34). The van der Waals surface area contributed by atoms with Gasteiger partial charge >= 0.3 is 0 Å². The molecule has 0 fully saturated rings. The van der Waals surface area contributed by atoms with E-state index in [0.717, 1.165) is 22.7 Å². The average molecular weight is 510 g/mol. The van der Waals surface area contributed by atoms with Crippen LogP contribution in [0.25, 0.3) is 0 Å². The van der Waals surface area contributed by atoms with Gasteiger partial charge in [-0.1, -0.05) is 25.1 Å². The molecule has 10 heteroatoms. The first-order valence-electron chi connectivity index (χ1n) is 11.4. The number of carbonyl (C=O) groups is 3. The lowest BCUT2D eigenvalue weighted by Gasteiger charge is -2.34. The Morgan fingerprint density at radius 1 is 1.11 bits per heavy atom. The van der Waals surface area contributed by atoms with E-state index in [-0.39, 0.29) is 22.0 Å². The molecule has 0 aliphatic heterocycles. The number of nitrogens with one attached hydrogen (secondary N) is 1. The third kappa shape index (κ3) is 5.65. The molecule has 2 aromatic carbocycles. The first-order chi connectivity index (χ1) is 16.8. The summed E-state index contributed by atoms with van der Waals surface area (Å²) >= 11 is 0.750. The topological polar surface area (TPSA) is 152 Å². The lowest BCUT2D eigenvalue weighted by molar-refractivity contribution is -0.124. The van der Waals surface area contributed by atoms with Crippen LogP contribution in [0, 0.1) is 13.8 Å².